The Bertz CT molecular complexity index is 870. The Morgan fingerprint density at radius 2 is 1.71 bits per heavy atom. The van der Waals surface area contributed by atoms with Crippen molar-refractivity contribution in [1.82, 2.24) is 4.90 Å². The first-order valence-corrected chi connectivity index (χ1v) is 8.31. The van der Waals surface area contributed by atoms with E-state index < -0.39 is 22.1 Å². The van der Waals surface area contributed by atoms with Crippen LogP contribution in [-0.2, 0) is 0 Å². The van der Waals surface area contributed by atoms with Crippen LogP contribution >= 0.6 is 12.4 Å². The van der Waals surface area contributed by atoms with Gasteiger partial charge in [0.05, 0.1) is 11.5 Å². The highest BCUT2D eigenvalue weighted by molar-refractivity contribution is 5.99. The third-order valence-electron chi connectivity index (χ3n) is 4.52. The van der Waals surface area contributed by atoms with Crippen LogP contribution in [0.5, 0.6) is 11.5 Å². The van der Waals surface area contributed by atoms with Crippen LogP contribution < -0.4 is 4.90 Å². The van der Waals surface area contributed by atoms with Crippen LogP contribution in [0.4, 0.5) is 15.8 Å². The number of hydrogen-bond acceptors (Lipinski definition) is 7. The molecule has 1 aliphatic rings. The Morgan fingerprint density at radius 3 is 2.29 bits per heavy atom. The molecule has 1 heterocycles. The Kier molecular flexibility index (Phi) is 6.76. The predicted octanol–water partition coefficient (Wildman–Crippen LogP) is 2.57. The summed E-state index contributed by atoms with van der Waals surface area (Å²) in [5.41, 5.74) is 0.166. The molecule has 0 atom stereocenters. The van der Waals surface area contributed by atoms with E-state index in [9.17, 15) is 29.5 Å². The first-order valence-electron chi connectivity index (χ1n) is 8.31. The molecule has 10 heteroatoms. The zero-order valence-corrected chi connectivity index (χ0v) is 15.6. The summed E-state index contributed by atoms with van der Waals surface area (Å²) in [6.07, 6.45) is 0. The zero-order chi connectivity index (χ0) is 19.6. The molecule has 1 fully saturated rings. The number of benzene rings is 2. The van der Waals surface area contributed by atoms with Crippen molar-refractivity contribution < 1.29 is 24.3 Å². The lowest BCUT2D eigenvalue weighted by molar-refractivity contribution is -0.386. The highest BCUT2D eigenvalue weighted by Gasteiger charge is 2.24. The predicted molar refractivity (Wildman–Crippen MR) is 103 cm³/mol. The van der Waals surface area contributed by atoms with Gasteiger partial charge in [0.2, 0.25) is 5.75 Å². The van der Waals surface area contributed by atoms with Crippen LogP contribution in [0.1, 0.15) is 10.4 Å². The van der Waals surface area contributed by atoms with Crippen LogP contribution in [0.3, 0.4) is 0 Å². The van der Waals surface area contributed by atoms with E-state index in [1.54, 1.807) is 12.1 Å². The number of carbonyl (C=O) groups excluding carboxylic acids is 1. The fourth-order valence-electron chi connectivity index (χ4n) is 3.01. The summed E-state index contributed by atoms with van der Waals surface area (Å²) in [5.74, 6) is -2.24. The van der Waals surface area contributed by atoms with E-state index in [1.165, 1.54) is 12.1 Å². The monoisotopic (exact) mass is 411 g/mol. The summed E-state index contributed by atoms with van der Waals surface area (Å²) in [6, 6.07) is 8.19. The average Bonchev–Trinajstić information content (AvgIpc) is 2.65. The molecule has 2 aromatic carbocycles. The van der Waals surface area contributed by atoms with E-state index in [2.05, 4.69) is 4.90 Å². The topological polar surface area (TPSA) is 107 Å². The third-order valence-corrected chi connectivity index (χ3v) is 4.52. The minimum atomic E-state index is -0.857. The van der Waals surface area contributed by atoms with Crippen molar-refractivity contribution in [3.05, 3.63) is 57.9 Å². The summed E-state index contributed by atoms with van der Waals surface area (Å²) >= 11 is 0. The molecule has 0 saturated carbocycles. The molecule has 0 amide bonds. The largest absolute Gasteiger partial charge is 0.504 e. The number of Topliss-reactive ketones (excluding diaryl/α,β-unsaturated/α-hetero) is 1. The van der Waals surface area contributed by atoms with Gasteiger partial charge >= 0.3 is 5.69 Å². The molecule has 0 radical (unpaired) electrons. The van der Waals surface area contributed by atoms with Gasteiger partial charge in [-0.05, 0) is 30.3 Å². The second-order valence-corrected chi connectivity index (χ2v) is 6.28. The normalized spacial score (nSPS) is 14.4. The number of rotatable bonds is 5. The Morgan fingerprint density at radius 1 is 1.11 bits per heavy atom. The first-order chi connectivity index (χ1) is 12.8. The number of anilines is 1. The molecule has 8 nitrogen and oxygen atoms in total. The van der Waals surface area contributed by atoms with Gasteiger partial charge in [-0.15, -0.1) is 12.4 Å². The number of phenolic OH excluding ortho intramolecular Hbond substituents is 2. The molecule has 2 N–H and O–H groups in total. The SMILES string of the molecule is Cl.O=C(CN1CCN(c2ccc(F)cc2)CC1)c1cc(O)c(O)c([N+](=O)[O-])c1. The van der Waals surface area contributed by atoms with Gasteiger partial charge in [0.15, 0.2) is 11.5 Å². The van der Waals surface area contributed by atoms with Gasteiger partial charge in [-0.25, -0.2) is 4.39 Å². The number of aromatic hydroxyl groups is 2. The molecule has 1 saturated heterocycles. The number of nitro benzene ring substituents is 1. The van der Waals surface area contributed by atoms with Crippen LogP contribution in [0.25, 0.3) is 0 Å². The van der Waals surface area contributed by atoms with Crippen molar-refractivity contribution in [2.75, 3.05) is 37.6 Å². The number of carbonyl (C=O) groups is 1. The molecule has 0 unspecified atom stereocenters. The number of halogens is 2. The van der Waals surface area contributed by atoms with Gasteiger partial charge in [-0.1, -0.05) is 0 Å². The van der Waals surface area contributed by atoms with E-state index in [1.807, 2.05) is 4.90 Å². The molecule has 150 valence electrons. The second kappa shape index (κ2) is 8.85. The fraction of sp³-hybridized carbons (Fsp3) is 0.278. The lowest BCUT2D eigenvalue weighted by Crippen LogP contribution is -2.48. The van der Waals surface area contributed by atoms with Crippen LogP contribution in [0.2, 0.25) is 0 Å². The van der Waals surface area contributed by atoms with Crippen LogP contribution in [0, 0.1) is 15.9 Å². The smallest absolute Gasteiger partial charge is 0.315 e. The first kappa shape index (κ1) is 21.4. The maximum atomic E-state index is 13.0. The van der Waals surface area contributed by atoms with Crippen molar-refractivity contribution in [1.29, 1.82) is 0 Å². The number of nitrogens with zero attached hydrogens (tertiary/aromatic N) is 3. The van der Waals surface area contributed by atoms with Crippen LogP contribution in [-0.4, -0.2) is 58.5 Å². The molecule has 28 heavy (non-hydrogen) atoms. The molecule has 0 bridgehead atoms. The Balaban J connectivity index is 0.00000280. The molecule has 0 aromatic heterocycles. The number of ketones is 1. The second-order valence-electron chi connectivity index (χ2n) is 6.28. The number of phenols is 2. The van der Waals surface area contributed by atoms with Crippen molar-refractivity contribution in [3.8, 4) is 11.5 Å². The average molecular weight is 412 g/mol. The Hall–Kier alpha value is -2.91. The highest BCUT2D eigenvalue weighted by Crippen LogP contribution is 2.36. The van der Waals surface area contributed by atoms with Crippen molar-refractivity contribution in [2.24, 2.45) is 0 Å². The molecule has 1 aliphatic heterocycles. The maximum absolute atomic E-state index is 13.0. The van der Waals surface area contributed by atoms with E-state index in [0.29, 0.717) is 26.2 Å². The van der Waals surface area contributed by atoms with E-state index in [4.69, 9.17) is 0 Å². The van der Waals surface area contributed by atoms with Crippen LogP contribution in [0.15, 0.2) is 36.4 Å². The summed E-state index contributed by atoms with van der Waals surface area (Å²) in [7, 11) is 0. The van der Waals surface area contributed by atoms with Crippen molar-refractivity contribution >= 4 is 29.6 Å². The van der Waals surface area contributed by atoms with Gasteiger partial charge in [0.1, 0.15) is 5.82 Å². The lowest BCUT2D eigenvalue weighted by Gasteiger charge is -2.35. The Labute approximate surface area is 166 Å². The summed E-state index contributed by atoms with van der Waals surface area (Å²) in [5, 5.41) is 30.0. The van der Waals surface area contributed by atoms with Gasteiger partial charge in [-0.2, -0.15) is 0 Å². The summed E-state index contributed by atoms with van der Waals surface area (Å²) in [6.45, 7) is 2.53. The lowest BCUT2D eigenvalue weighted by atomic mass is 10.1. The maximum Gasteiger partial charge on any atom is 0.315 e. The third kappa shape index (κ3) is 4.68. The molecule has 3 rings (SSSR count). The van der Waals surface area contributed by atoms with Crippen molar-refractivity contribution in [3.63, 3.8) is 0 Å². The number of nitro groups is 1. The molecule has 2 aromatic rings. The standard InChI is InChI=1S/C18H18FN3O5.ClH/c19-13-1-3-14(4-2-13)21-7-5-20(6-8-21)11-17(24)12-9-15(22(26)27)18(25)16(23)10-12;/h1-4,9-10,23,25H,5-8,11H2;1H. The molecular weight excluding hydrogens is 393 g/mol. The van der Waals surface area contributed by atoms with Gasteiger partial charge < -0.3 is 15.1 Å². The summed E-state index contributed by atoms with van der Waals surface area (Å²) < 4.78 is 13.0. The molecule has 0 spiro atoms. The minimum Gasteiger partial charge on any atom is -0.504 e. The number of piperazine rings is 1. The van der Waals surface area contributed by atoms with Gasteiger partial charge in [0, 0.05) is 43.5 Å². The molecule has 0 aliphatic carbocycles. The minimum absolute atomic E-state index is 0. The molecular formula is C18H19ClFN3O5. The quantitative estimate of drug-likeness (QED) is 0.337. The van der Waals surface area contributed by atoms with Crippen molar-refractivity contribution in [2.45, 2.75) is 0 Å². The highest BCUT2D eigenvalue weighted by atomic mass is 35.5. The zero-order valence-electron chi connectivity index (χ0n) is 14.7. The fourth-order valence-corrected chi connectivity index (χ4v) is 3.01. The summed E-state index contributed by atoms with van der Waals surface area (Å²) in [4.78, 5) is 26.5. The van der Waals surface area contributed by atoms with E-state index in [0.717, 1.165) is 17.8 Å². The van der Waals surface area contributed by atoms with E-state index in [-0.39, 0.29) is 36.1 Å². The van der Waals surface area contributed by atoms with Gasteiger partial charge in [0.25, 0.3) is 0 Å². The number of hydrogen-bond donors (Lipinski definition) is 2. The van der Waals surface area contributed by atoms with Gasteiger partial charge in [-0.3, -0.25) is 19.8 Å². The van der Waals surface area contributed by atoms with E-state index >= 15 is 0 Å².